The highest BCUT2D eigenvalue weighted by Crippen LogP contribution is 2.24. The molecule has 0 aliphatic carbocycles. The van der Waals surface area contributed by atoms with E-state index in [0.717, 1.165) is 37.5 Å². The van der Waals surface area contributed by atoms with Crippen LogP contribution in [0, 0.1) is 6.92 Å². The molecule has 0 bridgehead atoms. The van der Waals surface area contributed by atoms with Gasteiger partial charge in [-0.1, -0.05) is 5.21 Å². The molecule has 0 atom stereocenters. The third kappa shape index (κ3) is 3.43. The van der Waals surface area contributed by atoms with Gasteiger partial charge in [0.25, 0.3) is 5.56 Å². The molecule has 0 radical (unpaired) electrons. The van der Waals surface area contributed by atoms with Gasteiger partial charge in [-0.15, -0.1) is 18.3 Å². The summed E-state index contributed by atoms with van der Waals surface area (Å²) in [4.78, 5) is 17.3. The van der Waals surface area contributed by atoms with Gasteiger partial charge >= 0.3 is 6.30 Å². The van der Waals surface area contributed by atoms with Crippen molar-refractivity contribution in [1.82, 2.24) is 34.3 Å². The summed E-state index contributed by atoms with van der Waals surface area (Å²) in [5, 5.41) is 11.1. The van der Waals surface area contributed by atoms with Crippen molar-refractivity contribution in [1.29, 1.82) is 0 Å². The SMILES string of the molecule is Cc1nc2n(c(=O)c1CCn1cc(-c3cnn(C(F)(F)F)c3)nn1)CCCC2. The summed E-state index contributed by atoms with van der Waals surface area (Å²) in [7, 11) is 0. The molecule has 148 valence electrons. The Balaban J connectivity index is 1.51. The first kappa shape index (κ1) is 18.4. The molecular weight excluding hydrogens is 375 g/mol. The van der Waals surface area contributed by atoms with E-state index < -0.39 is 6.30 Å². The van der Waals surface area contributed by atoms with Crippen molar-refractivity contribution in [3.05, 3.63) is 46.0 Å². The predicted molar refractivity (Wildman–Crippen MR) is 92.4 cm³/mol. The van der Waals surface area contributed by atoms with Crippen LogP contribution in [0.3, 0.4) is 0 Å². The molecule has 0 saturated carbocycles. The van der Waals surface area contributed by atoms with Gasteiger partial charge in [0.05, 0.1) is 12.4 Å². The van der Waals surface area contributed by atoms with Gasteiger partial charge in [-0.2, -0.15) is 9.78 Å². The maximum absolute atomic E-state index is 12.7. The first-order valence-corrected chi connectivity index (χ1v) is 8.94. The summed E-state index contributed by atoms with van der Waals surface area (Å²) in [5.74, 6) is 0.835. The summed E-state index contributed by atoms with van der Waals surface area (Å²) >= 11 is 0. The molecule has 28 heavy (non-hydrogen) atoms. The number of halogens is 3. The Labute approximate surface area is 157 Å². The van der Waals surface area contributed by atoms with Gasteiger partial charge in [0.2, 0.25) is 0 Å². The largest absolute Gasteiger partial charge is 0.504 e. The zero-order chi connectivity index (χ0) is 19.9. The Kier molecular flexibility index (Phi) is 4.52. The van der Waals surface area contributed by atoms with Crippen LogP contribution in [0.1, 0.15) is 29.9 Å². The Morgan fingerprint density at radius 3 is 2.79 bits per heavy atom. The van der Waals surface area contributed by atoms with Gasteiger partial charge in [-0.25, -0.2) is 4.98 Å². The standard InChI is InChI=1S/C17H18F3N7O/c1-11-13(16(28)26-6-3-2-4-15(26)22-11)5-7-25-10-14(23-24-25)12-8-21-27(9-12)17(18,19)20/h8-10H,2-7H2,1H3. The fourth-order valence-electron chi connectivity index (χ4n) is 3.38. The van der Waals surface area contributed by atoms with Crippen molar-refractivity contribution >= 4 is 0 Å². The summed E-state index contributed by atoms with van der Waals surface area (Å²) in [6.45, 7) is 2.88. The third-order valence-corrected chi connectivity index (χ3v) is 4.85. The minimum atomic E-state index is -4.58. The smallest absolute Gasteiger partial charge is 0.296 e. The topological polar surface area (TPSA) is 83.4 Å². The highest BCUT2D eigenvalue weighted by molar-refractivity contribution is 5.55. The van der Waals surface area contributed by atoms with E-state index in [0.29, 0.717) is 30.8 Å². The summed E-state index contributed by atoms with van der Waals surface area (Å²) < 4.78 is 41.1. The molecule has 3 aromatic heterocycles. The number of rotatable bonds is 4. The second-order valence-corrected chi connectivity index (χ2v) is 6.76. The summed E-state index contributed by atoms with van der Waals surface area (Å²) in [6.07, 6.45) is 2.15. The Hall–Kier alpha value is -2.98. The number of fused-ring (bicyclic) bond motifs is 1. The zero-order valence-corrected chi connectivity index (χ0v) is 15.1. The van der Waals surface area contributed by atoms with Gasteiger partial charge < -0.3 is 0 Å². The minimum absolute atomic E-state index is 0.0195. The van der Waals surface area contributed by atoms with E-state index in [9.17, 15) is 18.0 Å². The van der Waals surface area contributed by atoms with E-state index in [1.54, 1.807) is 4.57 Å². The molecule has 8 nitrogen and oxygen atoms in total. The third-order valence-electron chi connectivity index (χ3n) is 4.85. The highest BCUT2D eigenvalue weighted by atomic mass is 19.4. The number of alkyl halides is 3. The van der Waals surface area contributed by atoms with E-state index >= 15 is 0 Å². The monoisotopic (exact) mass is 393 g/mol. The molecule has 0 unspecified atom stereocenters. The minimum Gasteiger partial charge on any atom is -0.296 e. The summed E-state index contributed by atoms with van der Waals surface area (Å²) in [6, 6.07) is 0. The Morgan fingerprint density at radius 2 is 2.04 bits per heavy atom. The van der Waals surface area contributed by atoms with Crippen LogP contribution < -0.4 is 5.56 Å². The summed E-state index contributed by atoms with van der Waals surface area (Å²) in [5.41, 5.74) is 1.83. The van der Waals surface area contributed by atoms with Crippen LogP contribution in [-0.4, -0.2) is 34.3 Å². The lowest BCUT2D eigenvalue weighted by Crippen LogP contribution is -2.32. The number of nitrogens with zero attached hydrogens (tertiary/aromatic N) is 7. The molecule has 0 spiro atoms. The van der Waals surface area contributed by atoms with Crippen molar-refractivity contribution in [3.63, 3.8) is 0 Å². The van der Waals surface area contributed by atoms with Crippen LogP contribution in [0.4, 0.5) is 13.2 Å². The number of hydrogen-bond donors (Lipinski definition) is 0. The average Bonchev–Trinajstić information content (AvgIpc) is 3.30. The van der Waals surface area contributed by atoms with Crippen LogP contribution in [0.5, 0.6) is 0 Å². The lowest BCUT2D eigenvalue weighted by Gasteiger charge is -2.19. The van der Waals surface area contributed by atoms with Crippen molar-refractivity contribution in [2.24, 2.45) is 0 Å². The van der Waals surface area contributed by atoms with E-state index in [1.165, 1.54) is 10.9 Å². The lowest BCUT2D eigenvalue weighted by atomic mass is 10.1. The van der Waals surface area contributed by atoms with E-state index in [2.05, 4.69) is 20.4 Å². The average molecular weight is 393 g/mol. The fraction of sp³-hybridized carbons (Fsp3) is 0.471. The maximum atomic E-state index is 12.7. The molecule has 3 aromatic rings. The van der Waals surface area contributed by atoms with Crippen LogP contribution >= 0.6 is 0 Å². The predicted octanol–water partition coefficient (Wildman–Crippen LogP) is 2.06. The Bertz CT molecular complexity index is 1060. The van der Waals surface area contributed by atoms with Crippen LogP contribution in [0.15, 0.2) is 23.4 Å². The molecule has 1 aliphatic rings. The number of aromatic nitrogens is 7. The molecule has 0 N–H and O–H groups in total. The van der Waals surface area contributed by atoms with E-state index in [-0.39, 0.29) is 21.5 Å². The molecule has 11 heteroatoms. The fourth-order valence-corrected chi connectivity index (χ4v) is 3.38. The van der Waals surface area contributed by atoms with Crippen LogP contribution in [0.25, 0.3) is 11.3 Å². The highest BCUT2D eigenvalue weighted by Gasteiger charge is 2.31. The van der Waals surface area contributed by atoms with Gasteiger partial charge in [0, 0.05) is 42.5 Å². The maximum Gasteiger partial charge on any atom is 0.504 e. The van der Waals surface area contributed by atoms with Gasteiger partial charge in [0.15, 0.2) is 0 Å². The number of aryl methyl sites for hydroxylation is 3. The molecule has 0 amide bonds. The number of hydrogen-bond acceptors (Lipinski definition) is 5. The second kappa shape index (κ2) is 6.88. The quantitative estimate of drug-likeness (QED) is 0.678. The van der Waals surface area contributed by atoms with Crippen molar-refractivity contribution < 1.29 is 13.2 Å². The molecule has 0 aromatic carbocycles. The van der Waals surface area contributed by atoms with Gasteiger partial charge in [-0.3, -0.25) is 14.0 Å². The molecule has 0 saturated heterocycles. The first-order valence-electron chi connectivity index (χ1n) is 8.94. The van der Waals surface area contributed by atoms with Crippen LogP contribution in [-0.2, 0) is 32.2 Å². The normalized spacial score (nSPS) is 14.3. The van der Waals surface area contributed by atoms with Crippen molar-refractivity contribution in [2.75, 3.05) is 0 Å². The molecule has 0 fully saturated rings. The molecule has 4 rings (SSSR count). The molecule has 4 heterocycles. The van der Waals surface area contributed by atoms with E-state index in [4.69, 9.17) is 0 Å². The van der Waals surface area contributed by atoms with Crippen molar-refractivity contribution in [3.8, 4) is 11.3 Å². The van der Waals surface area contributed by atoms with Gasteiger partial charge in [0.1, 0.15) is 11.5 Å². The molecule has 1 aliphatic heterocycles. The van der Waals surface area contributed by atoms with E-state index in [1.807, 2.05) is 6.92 Å². The second-order valence-electron chi connectivity index (χ2n) is 6.76. The Morgan fingerprint density at radius 1 is 1.21 bits per heavy atom. The van der Waals surface area contributed by atoms with Gasteiger partial charge in [-0.05, 0) is 26.2 Å². The van der Waals surface area contributed by atoms with Crippen LogP contribution in [0.2, 0.25) is 0 Å². The van der Waals surface area contributed by atoms with Crippen molar-refractivity contribution in [2.45, 2.75) is 52.0 Å². The molecular formula is C17H18F3N7O. The zero-order valence-electron chi connectivity index (χ0n) is 15.1. The first-order chi connectivity index (χ1) is 13.3. The lowest BCUT2D eigenvalue weighted by molar-refractivity contribution is -0.212.